The van der Waals surface area contributed by atoms with Gasteiger partial charge in [0, 0.05) is 36.9 Å². The molecule has 0 spiro atoms. The van der Waals surface area contributed by atoms with Crippen LogP contribution in [0.15, 0.2) is 53.4 Å². The summed E-state index contributed by atoms with van der Waals surface area (Å²) in [4.78, 5) is 3.22. The van der Waals surface area contributed by atoms with E-state index in [0.29, 0.717) is 6.61 Å². The zero-order chi connectivity index (χ0) is 34.2. The van der Waals surface area contributed by atoms with Crippen molar-refractivity contribution in [2.45, 2.75) is 130 Å². The second-order valence-electron chi connectivity index (χ2n) is 14.5. The lowest BCUT2D eigenvalue weighted by Gasteiger charge is -2.37. The molecule has 6 heteroatoms. The van der Waals surface area contributed by atoms with Gasteiger partial charge in [-0.05, 0) is 109 Å². The SMILES string of the molecule is CCCCC1(CCCC)CCc2cc(N(C)C)ccc2S(=O)C1.CC[N+](CC)(CC)CCC(C)OCC(C)(C)Oc1ccccc1. The third-order valence-corrected chi connectivity index (χ3v) is 11.9. The first-order valence-electron chi connectivity index (χ1n) is 18.3. The smallest absolute Gasteiger partial charge is 0.127 e. The summed E-state index contributed by atoms with van der Waals surface area (Å²) in [6.45, 7) is 23.1. The first-order chi connectivity index (χ1) is 21.9. The molecule has 0 saturated carbocycles. The Hall–Kier alpha value is -1.89. The summed E-state index contributed by atoms with van der Waals surface area (Å²) in [5.74, 6) is 1.76. The monoisotopic (exact) mass is 658 g/mol. The number of nitrogens with zero attached hydrogens (tertiary/aromatic N) is 2. The van der Waals surface area contributed by atoms with Crippen LogP contribution in [0.25, 0.3) is 0 Å². The highest BCUT2D eigenvalue weighted by Crippen LogP contribution is 2.41. The van der Waals surface area contributed by atoms with Gasteiger partial charge in [0.2, 0.25) is 0 Å². The number of quaternary nitrogens is 1. The van der Waals surface area contributed by atoms with E-state index in [9.17, 15) is 4.21 Å². The minimum absolute atomic E-state index is 0.260. The Morgan fingerprint density at radius 3 is 2.09 bits per heavy atom. The Balaban J connectivity index is 0.000000320. The van der Waals surface area contributed by atoms with E-state index >= 15 is 0 Å². The van der Waals surface area contributed by atoms with Crippen LogP contribution in [0.4, 0.5) is 5.69 Å². The average molecular weight is 658 g/mol. The van der Waals surface area contributed by atoms with Gasteiger partial charge in [0.25, 0.3) is 0 Å². The topological polar surface area (TPSA) is 38.8 Å². The Morgan fingerprint density at radius 2 is 1.54 bits per heavy atom. The van der Waals surface area contributed by atoms with E-state index in [1.54, 1.807) is 0 Å². The molecule has 1 aliphatic rings. The second-order valence-corrected chi connectivity index (χ2v) is 15.9. The van der Waals surface area contributed by atoms with Crippen molar-refractivity contribution in [2.24, 2.45) is 5.41 Å². The van der Waals surface area contributed by atoms with Crippen molar-refractivity contribution in [1.82, 2.24) is 0 Å². The summed E-state index contributed by atoms with van der Waals surface area (Å²) in [6.07, 6.45) is 11.1. The highest BCUT2D eigenvalue weighted by molar-refractivity contribution is 7.85. The highest BCUT2D eigenvalue weighted by atomic mass is 32.2. The zero-order valence-electron chi connectivity index (χ0n) is 31.3. The molecule has 2 aromatic rings. The lowest BCUT2D eigenvalue weighted by molar-refractivity contribution is -0.923. The molecule has 262 valence electrons. The number of aryl methyl sites for hydroxylation is 1. The first-order valence-corrected chi connectivity index (χ1v) is 19.6. The van der Waals surface area contributed by atoms with Crippen LogP contribution in [0.2, 0.25) is 0 Å². The number of unbranched alkanes of at least 4 members (excludes halogenated alkanes) is 2. The molecule has 0 aromatic heterocycles. The van der Waals surface area contributed by atoms with Crippen LogP contribution in [0.1, 0.15) is 112 Å². The van der Waals surface area contributed by atoms with E-state index < -0.39 is 10.8 Å². The fraction of sp³-hybridized carbons (Fsp3) is 0.700. The molecule has 0 bridgehead atoms. The van der Waals surface area contributed by atoms with Gasteiger partial charge in [-0.3, -0.25) is 4.21 Å². The van der Waals surface area contributed by atoms with E-state index in [2.05, 4.69) is 92.6 Å². The summed E-state index contributed by atoms with van der Waals surface area (Å²) >= 11 is 0. The van der Waals surface area contributed by atoms with E-state index in [1.165, 1.54) is 86.9 Å². The maximum atomic E-state index is 13.0. The lowest BCUT2D eigenvalue weighted by Crippen LogP contribution is -2.49. The van der Waals surface area contributed by atoms with Crippen LogP contribution in [0, 0.1) is 5.41 Å². The van der Waals surface area contributed by atoms with Gasteiger partial charge in [-0.15, -0.1) is 0 Å². The van der Waals surface area contributed by atoms with Gasteiger partial charge in [-0.2, -0.15) is 0 Å². The number of ether oxygens (including phenoxy) is 2. The molecule has 1 aliphatic heterocycles. The molecule has 0 aliphatic carbocycles. The Labute approximate surface area is 286 Å². The molecule has 3 rings (SSSR count). The molecule has 0 amide bonds. The summed E-state index contributed by atoms with van der Waals surface area (Å²) in [5, 5.41) is 0. The molecule has 0 radical (unpaired) electrons. The zero-order valence-corrected chi connectivity index (χ0v) is 32.1. The maximum absolute atomic E-state index is 13.0. The molecule has 2 aromatic carbocycles. The van der Waals surface area contributed by atoms with Gasteiger partial charge in [-0.1, -0.05) is 57.7 Å². The number of hydrogen-bond acceptors (Lipinski definition) is 4. The molecule has 2 unspecified atom stereocenters. The van der Waals surface area contributed by atoms with Gasteiger partial charge >= 0.3 is 0 Å². The number of benzene rings is 2. The van der Waals surface area contributed by atoms with Crippen LogP contribution in [0.5, 0.6) is 5.75 Å². The fourth-order valence-electron chi connectivity index (χ4n) is 6.58. The van der Waals surface area contributed by atoms with Crippen molar-refractivity contribution in [1.29, 1.82) is 0 Å². The molecule has 0 N–H and O–H groups in total. The fourth-order valence-corrected chi connectivity index (χ4v) is 8.39. The molecule has 46 heavy (non-hydrogen) atoms. The minimum Gasteiger partial charge on any atom is -0.485 e. The van der Waals surface area contributed by atoms with Gasteiger partial charge in [0.05, 0.1) is 49.7 Å². The van der Waals surface area contributed by atoms with Crippen molar-refractivity contribution in [2.75, 3.05) is 57.5 Å². The number of anilines is 1. The van der Waals surface area contributed by atoms with Crippen molar-refractivity contribution in [3.05, 3.63) is 54.1 Å². The summed E-state index contributed by atoms with van der Waals surface area (Å²) in [7, 11) is 3.29. The predicted octanol–water partition coefficient (Wildman–Crippen LogP) is 9.69. The molecular formula is C40H69N2O3S+. The summed E-state index contributed by atoms with van der Waals surface area (Å²) in [5.41, 5.74) is 2.50. The predicted molar refractivity (Wildman–Crippen MR) is 200 cm³/mol. The van der Waals surface area contributed by atoms with Crippen molar-refractivity contribution in [3.63, 3.8) is 0 Å². The van der Waals surface area contributed by atoms with Gasteiger partial charge in [0.1, 0.15) is 11.4 Å². The van der Waals surface area contributed by atoms with Crippen LogP contribution in [-0.4, -0.2) is 73.0 Å². The maximum Gasteiger partial charge on any atom is 0.127 e. The molecular weight excluding hydrogens is 589 g/mol. The van der Waals surface area contributed by atoms with E-state index in [0.717, 1.165) is 29.2 Å². The Bertz CT molecular complexity index is 1130. The third-order valence-electron chi connectivity index (χ3n) is 10.2. The number of fused-ring (bicyclic) bond motifs is 1. The van der Waals surface area contributed by atoms with E-state index in [4.69, 9.17) is 9.47 Å². The van der Waals surface area contributed by atoms with E-state index in [1.807, 2.05) is 30.3 Å². The Kier molecular flexibility index (Phi) is 17.4. The third kappa shape index (κ3) is 13.0. The molecule has 1 heterocycles. The van der Waals surface area contributed by atoms with Gasteiger partial charge < -0.3 is 18.9 Å². The quantitative estimate of drug-likeness (QED) is 0.150. The Morgan fingerprint density at radius 1 is 0.935 bits per heavy atom. The van der Waals surface area contributed by atoms with Crippen LogP contribution in [0.3, 0.4) is 0 Å². The van der Waals surface area contributed by atoms with Crippen LogP contribution >= 0.6 is 0 Å². The van der Waals surface area contributed by atoms with Crippen LogP contribution in [-0.2, 0) is 22.0 Å². The highest BCUT2D eigenvalue weighted by Gasteiger charge is 2.34. The van der Waals surface area contributed by atoms with Crippen LogP contribution < -0.4 is 9.64 Å². The molecule has 2 atom stereocenters. The minimum atomic E-state index is -0.849. The second kappa shape index (κ2) is 19.8. The number of para-hydroxylation sites is 1. The van der Waals surface area contributed by atoms with E-state index in [-0.39, 0.29) is 17.1 Å². The standard InChI is InChI=1S/C20H36NO2.C20H33NOS/c1-7-21(8-2,9-3)16-15-18(4)22-17-20(5,6)23-19-13-11-10-12-14-19;1-5-7-12-20(13-8-6-2)14-11-17-15-18(21(3)4)9-10-19(17)23(22)16-20/h10-14,18H,7-9,15-17H2,1-6H3;9-10,15H,5-8,11-14,16H2,1-4H3/q+1;. The first kappa shape index (κ1) is 40.3. The van der Waals surface area contributed by atoms with Crippen molar-refractivity contribution in [3.8, 4) is 5.75 Å². The number of hydrogen-bond donors (Lipinski definition) is 0. The molecule has 0 fully saturated rings. The van der Waals surface area contributed by atoms with Gasteiger partial charge in [-0.25, -0.2) is 0 Å². The van der Waals surface area contributed by atoms with Gasteiger partial charge in [0.15, 0.2) is 0 Å². The summed E-state index contributed by atoms with van der Waals surface area (Å²) in [6, 6.07) is 16.4. The molecule has 0 saturated heterocycles. The average Bonchev–Trinajstić information content (AvgIpc) is 3.19. The molecule has 5 nitrogen and oxygen atoms in total. The van der Waals surface area contributed by atoms with Crippen molar-refractivity contribution >= 4 is 16.5 Å². The summed E-state index contributed by atoms with van der Waals surface area (Å²) < 4.78 is 26.3. The lowest BCUT2D eigenvalue weighted by atomic mass is 9.75. The van der Waals surface area contributed by atoms with Crippen molar-refractivity contribution < 1.29 is 18.2 Å². The number of rotatable bonds is 18. The normalized spacial score (nSPS) is 16.9. The largest absolute Gasteiger partial charge is 0.485 e.